The van der Waals surface area contributed by atoms with Gasteiger partial charge in [-0.1, -0.05) is 24.3 Å². The van der Waals surface area contributed by atoms with Gasteiger partial charge in [-0.3, -0.25) is 4.79 Å². The molecule has 0 saturated carbocycles. The van der Waals surface area contributed by atoms with E-state index in [0.717, 1.165) is 33.5 Å². The summed E-state index contributed by atoms with van der Waals surface area (Å²) in [6.07, 6.45) is 1.84. The molecule has 4 aromatic rings. The molecule has 0 spiro atoms. The number of carbonyl (C=O) groups excluding carboxylic acids is 1. The van der Waals surface area contributed by atoms with Gasteiger partial charge in [0.2, 0.25) is 11.8 Å². The van der Waals surface area contributed by atoms with Crippen LogP contribution in [0.3, 0.4) is 0 Å². The van der Waals surface area contributed by atoms with Crippen molar-refractivity contribution in [1.29, 1.82) is 0 Å². The van der Waals surface area contributed by atoms with Crippen LogP contribution in [0.2, 0.25) is 0 Å². The van der Waals surface area contributed by atoms with Crippen LogP contribution in [-0.2, 0) is 17.8 Å². The minimum absolute atomic E-state index is 0.142. The maximum Gasteiger partial charge on any atom is 0.224 e. The van der Waals surface area contributed by atoms with Crippen LogP contribution >= 0.6 is 0 Å². The van der Waals surface area contributed by atoms with Gasteiger partial charge in [0.25, 0.3) is 0 Å². The van der Waals surface area contributed by atoms with Crippen LogP contribution in [0.15, 0.2) is 66.9 Å². The van der Waals surface area contributed by atoms with E-state index >= 15 is 0 Å². The zero-order chi connectivity index (χ0) is 22.3. The molecule has 2 aromatic heterocycles. The second-order valence-electron chi connectivity index (χ2n) is 7.39. The molecule has 0 bridgehead atoms. The number of aromatic nitrogens is 2. The summed E-state index contributed by atoms with van der Waals surface area (Å²) in [6.45, 7) is 3.02. The van der Waals surface area contributed by atoms with Crippen LogP contribution in [0.5, 0.6) is 11.6 Å². The lowest BCUT2D eigenvalue weighted by Crippen LogP contribution is -2.24. The van der Waals surface area contributed by atoms with Crippen LogP contribution in [0.25, 0.3) is 10.9 Å². The average Bonchev–Trinajstić information content (AvgIpc) is 3.11. The number of hydrogen-bond donors (Lipinski definition) is 2. The van der Waals surface area contributed by atoms with E-state index in [9.17, 15) is 9.18 Å². The Morgan fingerprint density at radius 3 is 2.66 bits per heavy atom. The monoisotopic (exact) mass is 433 g/mol. The molecule has 0 fully saturated rings. The summed E-state index contributed by atoms with van der Waals surface area (Å²) in [5.74, 6) is 0.825. The quantitative estimate of drug-likeness (QED) is 0.385. The van der Waals surface area contributed by atoms with Gasteiger partial charge in [0.1, 0.15) is 24.8 Å². The average molecular weight is 433 g/mol. The summed E-state index contributed by atoms with van der Waals surface area (Å²) in [6, 6.07) is 17.7. The van der Waals surface area contributed by atoms with Crippen LogP contribution in [0, 0.1) is 12.7 Å². The number of pyridine rings is 1. The predicted molar refractivity (Wildman–Crippen MR) is 120 cm³/mol. The Morgan fingerprint density at radius 2 is 1.88 bits per heavy atom. The molecule has 0 saturated heterocycles. The van der Waals surface area contributed by atoms with Gasteiger partial charge in [0, 0.05) is 35.4 Å². The molecular weight excluding hydrogens is 409 g/mol. The van der Waals surface area contributed by atoms with E-state index < -0.39 is 0 Å². The van der Waals surface area contributed by atoms with E-state index in [1.807, 2.05) is 43.3 Å². The lowest BCUT2D eigenvalue weighted by molar-refractivity contribution is -0.120. The Balaban J connectivity index is 1.24. The highest BCUT2D eigenvalue weighted by Crippen LogP contribution is 2.23. The molecule has 0 aliphatic carbocycles. The first-order chi connectivity index (χ1) is 15.6. The van der Waals surface area contributed by atoms with Gasteiger partial charge in [0.15, 0.2) is 0 Å². The molecule has 0 unspecified atom stereocenters. The van der Waals surface area contributed by atoms with Crippen LogP contribution in [-0.4, -0.2) is 29.1 Å². The number of aromatic amines is 1. The van der Waals surface area contributed by atoms with Crippen LogP contribution in [0.1, 0.15) is 16.8 Å². The van der Waals surface area contributed by atoms with Gasteiger partial charge < -0.3 is 19.8 Å². The Bertz CT molecular complexity index is 1190. The second-order valence-corrected chi connectivity index (χ2v) is 7.39. The van der Waals surface area contributed by atoms with E-state index in [1.54, 1.807) is 18.3 Å². The van der Waals surface area contributed by atoms with E-state index in [-0.39, 0.29) is 18.1 Å². The van der Waals surface area contributed by atoms with Crippen molar-refractivity contribution in [3.63, 3.8) is 0 Å². The van der Waals surface area contributed by atoms with Gasteiger partial charge in [-0.25, -0.2) is 9.37 Å². The van der Waals surface area contributed by atoms with E-state index in [4.69, 9.17) is 9.47 Å². The fraction of sp³-hybridized carbons (Fsp3) is 0.200. The molecule has 2 heterocycles. The van der Waals surface area contributed by atoms with Gasteiger partial charge in [0.05, 0.1) is 6.42 Å². The second kappa shape index (κ2) is 9.96. The van der Waals surface area contributed by atoms with Crippen molar-refractivity contribution in [2.75, 3.05) is 13.2 Å². The number of H-pyrrole nitrogens is 1. The normalized spacial score (nSPS) is 10.8. The lowest BCUT2D eigenvalue weighted by atomic mass is 10.1. The topological polar surface area (TPSA) is 76.2 Å². The van der Waals surface area contributed by atoms with Gasteiger partial charge in [-0.15, -0.1) is 0 Å². The number of fused-ring (bicyclic) bond motifs is 1. The highest BCUT2D eigenvalue weighted by atomic mass is 19.1. The van der Waals surface area contributed by atoms with Crippen molar-refractivity contribution in [3.8, 4) is 11.6 Å². The van der Waals surface area contributed by atoms with Gasteiger partial charge >= 0.3 is 0 Å². The number of rotatable bonds is 9. The SMILES string of the molecule is Cc1[nH]c2ccc(F)cc2c1CC(=O)NCc1ccc(OCCOc2ccccc2)nc1. The molecule has 2 aromatic carbocycles. The first-order valence-corrected chi connectivity index (χ1v) is 10.4. The number of nitrogens with one attached hydrogen (secondary N) is 2. The van der Waals surface area contributed by atoms with Crippen LogP contribution in [0.4, 0.5) is 4.39 Å². The summed E-state index contributed by atoms with van der Waals surface area (Å²) in [5, 5.41) is 3.62. The number of benzene rings is 2. The highest BCUT2D eigenvalue weighted by molar-refractivity contribution is 5.90. The van der Waals surface area contributed by atoms with Gasteiger partial charge in [-0.2, -0.15) is 0 Å². The summed E-state index contributed by atoms with van der Waals surface area (Å²) >= 11 is 0. The van der Waals surface area contributed by atoms with E-state index in [2.05, 4.69) is 15.3 Å². The van der Waals surface area contributed by atoms with Crippen molar-refractivity contribution in [2.45, 2.75) is 19.9 Å². The number of aryl methyl sites for hydroxylation is 1. The van der Waals surface area contributed by atoms with Crippen molar-refractivity contribution in [2.24, 2.45) is 0 Å². The van der Waals surface area contributed by atoms with Crippen molar-refractivity contribution in [1.82, 2.24) is 15.3 Å². The van der Waals surface area contributed by atoms with Crippen molar-refractivity contribution in [3.05, 3.63) is 89.5 Å². The van der Waals surface area contributed by atoms with Gasteiger partial charge in [-0.05, 0) is 48.4 Å². The molecule has 164 valence electrons. The molecular formula is C25H24FN3O3. The zero-order valence-electron chi connectivity index (χ0n) is 17.7. The number of carbonyl (C=O) groups is 1. The Kier molecular flexibility index (Phi) is 6.65. The summed E-state index contributed by atoms with van der Waals surface area (Å²) in [4.78, 5) is 19.9. The molecule has 4 rings (SSSR count). The minimum Gasteiger partial charge on any atom is -0.490 e. The maximum atomic E-state index is 13.6. The number of ether oxygens (including phenoxy) is 2. The fourth-order valence-electron chi connectivity index (χ4n) is 3.43. The molecule has 2 N–H and O–H groups in total. The Labute approximate surface area is 185 Å². The highest BCUT2D eigenvalue weighted by Gasteiger charge is 2.13. The lowest BCUT2D eigenvalue weighted by Gasteiger charge is -2.09. The molecule has 0 radical (unpaired) electrons. The van der Waals surface area contributed by atoms with E-state index in [1.165, 1.54) is 12.1 Å². The zero-order valence-corrected chi connectivity index (χ0v) is 17.7. The number of para-hydroxylation sites is 1. The van der Waals surface area contributed by atoms with Crippen molar-refractivity contribution >= 4 is 16.8 Å². The molecule has 1 amide bonds. The first kappa shape index (κ1) is 21.4. The standard InChI is InChI=1S/C25H24FN3O3/c1-17-21(22-13-19(26)8-9-23(22)29-17)14-24(30)27-15-18-7-10-25(28-16-18)32-12-11-31-20-5-3-2-4-6-20/h2-10,13,16,29H,11-12,14-15H2,1H3,(H,27,30). The predicted octanol–water partition coefficient (Wildman–Crippen LogP) is 4.33. The summed E-state index contributed by atoms with van der Waals surface area (Å²) < 4.78 is 24.8. The minimum atomic E-state index is -0.321. The molecule has 7 heteroatoms. The molecule has 32 heavy (non-hydrogen) atoms. The Morgan fingerprint density at radius 1 is 1.06 bits per heavy atom. The Hall–Kier alpha value is -3.87. The van der Waals surface area contributed by atoms with E-state index in [0.29, 0.717) is 25.6 Å². The fourth-order valence-corrected chi connectivity index (χ4v) is 3.43. The number of hydrogen-bond acceptors (Lipinski definition) is 4. The summed E-state index contributed by atoms with van der Waals surface area (Å²) in [5.41, 5.74) is 3.34. The summed E-state index contributed by atoms with van der Waals surface area (Å²) in [7, 11) is 0. The molecule has 6 nitrogen and oxygen atoms in total. The molecule has 0 aliphatic rings. The third kappa shape index (κ3) is 5.43. The smallest absolute Gasteiger partial charge is 0.224 e. The first-order valence-electron chi connectivity index (χ1n) is 10.4. The molecule has 0 aliphatic heterocycles. The third-order valence-corrected chi connectivity index (χ3v) is 5.05. The van der Waals surface area contributed by atoms with Crippen LogP contribution < -0.4 is 14.8 Å². The largest absolute Gasteiger partial charge is 0.490 e. The number of amides is 1. The maximum absolute atomic E-state index is 13.6. The number of nitrogens with zero attached hydrogens (tertiary/aromatic N) is 1. The van der Waals surface area contributed by atoms with Crippen molar-refractivity contribution < 1.29 is 18.7 Å². The third-order valence-electron chi connectivity index (χ3n) is 5.05. The molecule has 0 atom stereocenters. The number of halogens is 1.